The molecule has 0 aromatic heterocycles. The van der Waals surface area contributed by atoms with Gasteiger partial charge in [0.25, 0.3) is 10.0 Å². The molecule has 0 aliphatic rings. The van der Waals surface area contributed by atoms with Crippen LogP contribution in [0.3, 0.4) is 0 Å². The van der Waals surface area contributed by atoms with E-state index in [0.29, 0.717) is 21.9 Å². The zero-order chi connectivity index (χ0) is 22.8. The van der Waals surface area contributed by atoms with Gasteiger partial charge in [-0.05, 0) is 85.6 Å². The fraction of sp³-hybridized carbons (Fsp3) is 0.143. The highest BCUT2D eigenvalue weighted by Gasteiger charge is 2.21. The van der Waals surface area contributed by atoms with Gasteiger partial charge in [-0.25, -0.2) is 8.42 Å². The van der Waals surface area contributed by atoms with E-state index in [4.69, 9.17) is 20.5 Å². The van der Waals surface area contributed by atoms with Gasteiger partial charge >= 0.3 is 10.1 Å². The molecule has 0 spiro atoms. The van der Waals surface area contributed by atoms with Gasteiger partial charge < -0.3 is 8.92 Å². The second kappa shape index (κ2) is 8.78. The molecular formula is C21H20ClNO6S2. The summed E-state index contributed by atoms with van der Waals surface area (Å²) in [6.07, 6.45) is 0. The van der Waals surface area contributed by atoms with E-state index in [-0.39, 0.29) is 21.2 Å². The molecule has 3 aromatic carbocycles. The van der Waals surface area contributed by atoms with Crippen molar-refractivity contribution in [2.75, 3.05) is 11.8 Å². The highest BCUT2D eigenvalue weighted by atomic mass is 35.5. The van der Waals surface area contributed by atoms with Gasteiger partial charge in [-0.1, -0.05) is 11.6 Å². The smallest absolute Gasteiger partial charge is 0.339 e. The maximum absolute atomic E-state index is 12.6. The molecule has 1 N–H and O–H groups in total. The van der Waals surface area contributed by atoms with Gasteiger partial charge in [0.15, 0.2) is 0 Å². The lowest BCUT2D eigenvalue weighted by Gasteiger charge is -2.15. The molecule has 0 bridgehead atoms. The van der Waals surface area contributed by atoms with Crippen LogP contribution in [0, 0.1) is 13.8 Å². The first-order valence-electron chi connectivity index (χ1n) is 9.00. The van der Waals surface area contributed by atoms with Crippen molar-refractivity contribution < 1.29 is 25.8 Å². The van der Waals surface area contributed by atoms with E-state index in [1.807, 2.05) is 0 Å². The first-order valence-corrected chi connectivity index (χ1v) is 12.3. The number of hydrogen-bond acceptors (Lipinski definition) is 6. The van der Waals surface area contributed by atoms with E-state index in [2.05, 4.69) is 4.72 Å². The van der Waals surface area contributed by atoms with Crippen LogP contribution in [0.25, 0.3) is 0 Å². The molecule has 0 aliphatic heterocycles. The highest BCUT2D eigenvalue weighted by Crippen LogP contribution is 2.31. The second-order valence-electron chi connectivity index (χ2n) is 6.71. The number of methoxy groups -OCH3 is 1. The summed E-state index contributed by atoms with van der Waals surface area (Å²) in [5.74, 6) is 0.647. The van der Waals surface area contributed by atoms with Crippen molar-refractivity contribution in [2.45, 2.75) is 23.6 Å². The van der Waals surface area contributed by atoms with Crippen LogP contribution in [0.2, 0.25) is 5.02 Å². The largest absolute Gasteiger partial charge is 0.497 e. The molecule has 164 valence electrons. The Hall–Kier alpha value is -2.75. The Balaban J connectivity index is 1.87. The molecule has 3 rings (SSSR count). The minimum atomic E-state index is -4.09. The van der Waals surface area contributed by atoms with Crippen molar-refractivity contribution in [1.82, 2.24) is 0 Å². The third-order valence-corrected chi connectivity index (χ3v) is 7.26. The summed E-state index contributed by atoms with van der Waals surface area (Å²) in [7, 11) is -6.44. The summed E-state index contributed by atoms with van der Waals surface area (Å²) in [5.41, 5.74) is 1.18. The van der Waals surface area contributed by atoms with Crippen molar-refractivity contribution in [2.24, 2.45) is 0 Å². The predicted molar refractivity (Wildman–Crippen MR) is 119 cm³/mol. The van der Waals surface area contributed by atoms with Crippen molar-refractivity contribution in [3.63, 3.8) is 0 Å². The molecule has 7 nitrogen and oxygen atoms in total. The van der Waals surface area contributed by atoms with Crippen LogP contribution in [0.5, 0.6) is 11.5 Å². The number of benzene rings is 3. The summed E-state index contributed by atoms with van der Waals surface area (Å²) >= 11 is 5.81. The molecule has 3 aromatic rings. The number of hydrogen-bond donors (Lipinski definition) is 1. The molecule has 0 radical (unpaired) electrons. The van der Waals surface area contributed by atoms with E-state index in [1.54, 1.807) is 13.8 Å². The van der Waals surface area contributed by atoms with Gasteiger partial charge in [-0.2, -0.15) is 8.42 Å². The normalized spacial score (nSPS) is 11.7. The maximum atomic E-state index is 12.6. The average Bonchev–Trinajstić information content (AvgIpc) is 2.71. The zero-order valence-electron chi connectivity index (χ0n) is 16.9. The number of ether oxygens (including phenoxy) is 1. The molecule has 0 heterocycles. The van der Waals surface area contributed by atoms with Crippen molar-refractivity contribution in [1.29, 1.82) is 0 Å². The minimum absolute atomic E-state index is 0.0281. The summed E-state index contributed by atoms with van der Waals surface area (Å²) < 4.78 is 63.3. The Morgan fingerprint density at radius 2 is 1.32 bits per heavy atom. The Kier molecular flexibility index (Phi) is 6.49. The molecule has 31 heavy (non-hydrogen) atoms. The summed E-state index contributed by atoms with van der Waals surface area (Å²) in [4.78, 5) is 0.0224. The molecule has 0 unspecified atom stereocenters. The SMILES string of the molecule is COc1ccc(S(=O)(=O)Oc2c(C)cc(NS(=O)(=O)c3ccc(Cl)cc3)cc2C)cc1. The van der Waals surface area contributed by atoms with Gasteiger partial charge in [0.05, 0.1) is 12.0 Å². The lowest BCUT2D eigenvalue weighted by molar-refractivity contribution is 0.414. The Labute approximate surface area is 186 Å². The molecule has 0 atom stereocenters. The van der Waals surface area contributed by atoms with Crippen LogP contribution in [-0.4, -0.2) is 23.9 Å². The van der Waals surface area contributed by atoms with Crippen LogP contribution in [0.15, 0.2) is 70.5 Å². The van der Waals surface area contributed by atoms with E-state index in [0.717, 1.165) is 0 Å². The number of halogens is 1. The molecule has 0 fully saturated rings. The fourth-order valence-electron chi connectivity index (χ4n) is 2.87. The molecule has 10 heteroatoms. The molecule has 0 saturated carbocycles. The van der Waals surface area contributed by atoms with Gasteiger partial charge in [-0.15, -0.1) is 0 Å². The van der Waals surface area contributed by atoms with Crippen LogP contribution >= 0.6 is 11.6 Å². The molecule has 0 saturated heterocycles. The lowest BCUT2D eigenvalue weighted by Crippen LogP contribution is -2.14. The first-order chi connectivity index (χ1) is 14.5. The van der Waals surface area contributed by atoms with E-state index < -0.39 is 20.1 Å². The van der Waals surface area contributed by atoms with Crippen LogP contribution in [-0.2, 0) is 20.1 Å². The fourth-order valence-corrected chi connectivity index (χ4v) is 5.08. The standard InChI is InChI=1S/C21H20ClNO6S2/c1-14-12-17(23-30(24,25)19-8-4-16(22)5-9-19)13-15(2)21(14)29-31(26,27)20-10-6-18(28-3)7-11-20/h4-13,23H,1-3H3. The lowest BCUT2D eigenvalue weighted by atomic mass is 10.1. The molecule has 0 aliphatic carbocycles. The number of rotatable bonds is 7. The molecular weight excluding hydrogens is 462 g/mol. The topological polar surface area (TPSA) is 98.8 Å². The van der Waals surface area contributed by atoms with Gasteiger partial charge in [-0.3, -0.25) is 4.72 Å². The quantitative estimate of drug-likeness (QED) is 0.497. The summed E-state index contributed by atoms with van der Waals surface area (Å²) in [6.45, 7) is 3.26. The van der Waals surface area contributed by atoms with Crippen molar-refractivity contribution in [3.05, 3.63) is 76.8 Å². The van der Waals surface area contributed by atoms with Crippen LogP contribution < -0.4 is 13.6 Å². The summed E-state index contributed by atoms with van der Waals surface area (Å²) in [5, 5.41) is 0.421. The Morgan fingerprint density at radius 1 is 0.806 bits per heavy atom. The number of anilines is 1. The predicted octanol–water partition coefficient (Wildman–Crippen LogP) is 4.53. The third kappa shape index (κ3) is 5.30. The average molecular weight is 482 g/mol. The van der Waals surface area contributed by atoms with Gasteiger partial charge in [0, 0.05) is 10.7 Å². The zero-order valence-corrected chi connectivity index (χ0v) is 19.3. The highest BCUT2D eigenvalue weighted by molar-refractivity contribution is 7.92. The monoisotopic (exact) mass is 481 g/mol. The number of nitrogens with one attached hydrogen (secondary N) is 1. The van der Waals surface area contributed by atoms with E-state index in [9.17, 15) is 16.8 Å². The maximum Gasteiger partial charge on any atom is 0.339 e. The Bertz CT molecular complexity index is 1280. The minimum Gasteiger partial charge on any atom is -0.497 e. The van der Waals surface area contributed by atoms with E-state index >= 15 is 0 Å². The second-order valence-corrected chi connectivity index (χ2v) is 10.4. The molecule has 0 amide bonds. The van der Waals surface area contributed by atoms with Crippen molar-refractivity contribution in [3.8, 4) is 11.5 Å². The third-order valence-electron chi connectivity index (χ3n) is 4.38. The number of sulfonamides is 1. The van der Waals surface area contributed by atoms with Gasteiger partial charge in [0.1, 0.15) is 16.4 Å². The Morgan fingerprint density at radius 3 is 1.84 bits per heavy atom. The number of aryl methyl sites for hydroxylation is 2. The van der Waals surface area contributed by atoms with E-state index in [1.165, 1.54) is 67.8 Å². The summed E-state index contributed by atoms with van der Waals surface area (Å²) in [6, 6.07) is 14.5. The first kappa shape index (κ1) is 22.9. The van der Waals surface area contributed by atoms with Crippen LogP contribution in [0.1, 0.15) is 11.1 Å². The van der Waals surface area contributed by atoms with Crippen molar-refractivity contribution >= 4 is 37.4 Å². The van der Waals surface area contributed by atoms with Crippen LogP contribution in [0.4, 0.5) is 5.69 Å². The van der Waals surface area contributed by atoms with Gasteiger partial charge in [0.2, 0.25) is 0 Å².